The van der Waals surface area contributed by atoms with E-state index in [9.17, 15) is 0 Å². The molecule has 1 aliphatic heterocycles. The van der Waals surface area contributed by atoms with E-state index in [0.717, 1.165) is 24.2 Å². The third-order valence-corrected chi connectivity index (χ3v) is 3.33. The largest absolute Gasteiger partial charge is 0.424 e. The van der Waals surface area contributed by atoms with E-state index in [1.807, 2.05) is 25.2 Å². The van der Waals surface area contributed by atoms with Gasteiger partial charge in [-0.2, -0.15) is 0 Å². The molecule has 0 spiro atoms. The third kappa shape index (κ3) is 3.46. The Hall–Kier alpha value is -2.21. The van der Waals surface area contributed by atoms with Crippen LogP contribution < -0.4 is 0 Å². The van der Waals surface area contributed by atoms with Gasteiger partial charge in [0.05, 0.1) is 12.3 Å². The molecule has 1 aromatic heterocycles. The van der Waals surface area contributed by atoms with Crippen molar-refractivity contribution in [3.63, 3.8) is 0 Å². The van der Waals surface area contributed by atoms with Crippen LogP contribution in [0, 0.1) is 6.92 Å². The van der Waals surface area contributed by atoms with Crippen molar-refractivity contribution in [1.82, 2.24) is 15.1 Å². The molecule has 110 valence electrons. The van der Waals surface area contributed by atoms with E-state index in [0.29, 0.717) is 18.3 Å². The molecular formula is C15H18N4O2. The van der Waals surface area contributed by atoms with Gasteiger partial charge < -0.3 is 9.25 Å². The lowest BCUT2D eigenvalue weighted by atomic mass is 10.1. The highest BCUT2D eigenvalue weighted by Crippen LogP contribution is 2.17. The lowest BCUT2D eigenvalue weighted by Gasteiger charge is -2.17. The molecule has 1 aromatic carbocycles. The fourth-order valence-corrected chi connectivity index (χ4v) is 2.37. The number of likely N-dealkylation sites (N-methyl/N-ethyl adjacent to an activating group) is 1. The minimum atomic E-state index is 0.0641. The van der Waals surface area contributed by atoms with Gasteiger partial charge in [0.1, 0.15) is 6.10 Å². The van der Waals surface area contributed by atoms with Gasteiger partial charge in [0.2, 0.25) is 11.8 Å². The Morgan fingerprint density at radius 1 is 1.24 bits per heavy atom. The van der Waals surface area contributed by atoms with Crippen molar-refractivity contribution in [2.45, 2.75) is 26.0 Å². The molecule has 1 unspecified atom stereocenters. The van der Waals surface area contributed by atoms with Gasteiger partial charge >= 0.3 is 0 Å². The van der Waals surface area contributed by atoms with Gasteiger partial charge in [-0.15, -0.1) is 10.2 Å². The zero-order chi connectivity index (χ0) is 14.7. The Morgan fingerprint density at radius 3 is 2.76 bits per heavy atom. The van der Waals surface area contributed by atoms with Gasteiger partial charge in [0.15, 0.2) is 0 Å². The molecule has 0 amide bonds. The summed E-state index contributed by atoms with van der Waals surface area (Å²) < 4.78 is 5.38. The molecule has 0 aliphatic carbocycles. The molecule has 21 heavy (non-hydrogen) atoms. The second kappa shape index (κ2) is 6.05. The average molecular weight is 286 g/mol. The topological polar surface area (TPSA) is 63.8 Å². The monoisotopic (exact) mass is 286 g/mol. The second-order valence-corrected chi connectivity index (χ2v) is 5.25. The first-order valence-corrected chi connectivity index (χ1v) is 6.96. The smallest absolute Gasteiger partial charge is 0.230 e. The van der Waals surface area contributed by atoms with E-state index in [2.05, 4.69) is 32.4 Å². The number of aromatic nitrogens is 2. The van der Waals surface area contributed by atoms with Crippen molar-refractivity contribution in [2.24, 2.45) is 5.16 Å². The van der Waals surface area contributed by atoms with Crippen LogP contribution in [0.4, 0.5) is 0 Å². The van der Waals surface area contributed by atoms with Crippen LogP contribution in [0.2, 0.25) is 0 Å². The number of rotatable bonds is 5. The molecule has 3 rings (SSSR count). The number of hydrogen-bond acceptors (Lipinski definition) is 6. The van der Waals surface area contributed by atoms with Crippen molar-refractivity contribution in [3.05, 3.63) is 47.7 Å². The van der Waals surface area contributed by atoms with Crippen LogP contribution in [-0.4, -0.2) is 40.5 Å². The zero-order valence-electron chi connectivity index (χ0n) is 12.2. The van der Waals surface area contributed by atoms with E-state index in [-0.39, 0.29) is 6.10 Å². The number of oxime groups is 1. The molecule has 0 saturated carbocycles. The van der Waals surface area contributed by atoms with E-state index < -0.39 is 0 Å². The average Bonchev–Trinajstić information content (AvgIpc) is 3.09. The predicted octanol–water partition coefficient (Wildman–Crippen LogP) is 2.00. The Morgan fingerprint density at radius 2 is 2.05 bits per heavy atom. The summed E-state index contributed by atoms with van der Waals surface area (Å²) in [5, 5.41) is 12.0. The number of nitrogens with zero attached hydrogens (tertiary/aromatic N) is 4. The molecular weight excluding hydrogens is 268 g/mol. The first-order valence-electron chi connectivity index (χ1n) is 6.96. The summed E-state index contributed by atoms with van der Waals surface area (Å²) in [6.45, 7) is 3.17. The predicted molar refractivity (Wildman–Crippen MR) is 77.8 cm³/mol. The standard InChI is InChI=1S/C15H18N4O2/c1-11-16-17-15(20-11)10-19(2)9-13-8-14(18-21-13)12-6-4-3-5-7-12/h3-7,13H,8-10H2,1-2H3. The van der Waals surface area contributed by atoms with Crippen LogP contribution in [0.25, 0.3) is 0 Å². The summed E-state index contributed by atoms with van der Waals surface area (Å²) in [6.07, 6.45) is 0.881. The molecule has 2 aromatic rings. The molecule has 0 fully saturated rings. The number of benzene rings is 1. The van der Waals surface area contributed by atoms with E-state index >= 15 is 0 Å². The Labute approximate surface area is 123 Å². The Balaban J connectivity index is 1.51. The van der Waals surface area contributed by atoms with Crippen molar-refractivity contribution < 1.29 is 9.25 Å². The maximum absolute atomic E-state index is 5.51. The minimum Gasteiger partial charge on any atom is -0.424 e. The second-order valence-electron chi connectivity index (χ2n) is 5.25. The first-order chi connectivity index (χ1) is 10.2. The third-order valence-electron chi connectivity index (χ3n) is 3.33. The lowest BCUT2D eigenvalue weighted by Crippen LogP contribution is -2.29. The molecule has 1 aliphatic rings. The van der Waals surface area contributed by atoms with Crippen LogP contribution in [-0.2, 0) is 11.4 Å². The van der Waals surface area contributed by atoms with Gasteiger partial charge in [-0.1, -0.05) is 35.5 Å². The van der Waals surface area contributed by atoms with Gasteiger partial charge in [-0.25, -0.2) is 0 Å². The number of hydrogen-bond donors (Lipinski definition) is 0. The molecule has 6 nitrogen and oxygen atoms in total. The van der Waals surface area contributed by atoms with Gasteiger partial charge in [-0.3, -0.25) is 4.90 Å². The fraction of sp³-hybridized carbons (Fsp3) is 0.400. The molecule has 1 atom stereocenters. The molecule has 0 N–H and O–H groups in total. The summed E-state index contributed by atoms with van der Waals surface area (Å²) in [5.74, 6) is 1.21. The van der Waals surface area contributed by atoms with Crippen LogP contribution >= 0.6 is 0 Å². The van der Waals surface area contributed by atoms with E-state index in [1.165, 1.54) is 0 Å². The summed E-state index contributed by atoms with van der Waals surface area (Å²) in [7, 11) is 2.00. The molecule has 2 heterocycles. The maximum atomic E-state index is 5.51. The van der Waals surface area contributed by atoms with Crippen LogP contribution in [0.5, 0.6) is 0 Å². The van der Waals surface area contributed by atoms with Crippen LogP contribution in [0.1, 0.15) is 23.8 Å². The zero-order valence-corrected chi connectivity index (χ0v) is 12.2. The quantitative estimate of drug-likeness (QED) is 0.841. The van der Waals surface area contributed by atoms with Gasteiger partial charge in [0, 0.05) is 19.9 Å². The van der Waals surface area contributed by atoms with Crippen molar-refractivity contribution in [3.8, 4) is 0 Å². The molecule has 0 bridgehead atoms. The summed E-state index contributed by atoms with van der Waals surface area (Å²) in [6, 6.07) is 10.1. The normalized spacial score (nSPS) is 17.9. The Bertz CT molecular complexity index is 624. The molecule has 0 saturated heterocycles. The van der Waals surface area contributed by atoms with Crippen LogP contribution in [0.15, 0.2) is 39.9 Å². The van der Waals surface area contributed by atoms with Gasteiger partial charge in [0.25, 0.3) is 0 Å². The number of aryl methyl sites for hydroxylation is 1. The van der Waals surface area contributed by atoms with Crippen LogP contribution in [0.3, 0.4) is 0 Å². The van der Waals surface area contributed by atoms with Crippen molar-refractivity contribution in [1.29, 1.82) is 0 Å². The minimum absolute atomic E-state index is 0.0641. The molecule has 0 radical (unpaired) electrons. The summed E-state index contributed by atoms with van der Waals surface area (Å²) >= 11 is 0. The summed E-state index contributed by atoms with van der Waals surface area (Å²) in [4.78, 5) is 7.61. The first kappa shape index (κ1) is 13.8. The van der Waals surface area contributed by atoms with E-state index in [4.69, 9.17) is 9.25 Å². The summed E-state index contributed by atoms with van der Waals surface area (Å²) in [5.41, 5.74) is 2.12. The highest BCUT2D eigenvalue weighted by Gasteiger charge is 2.23. The van der Waals surface area contributed by atoms with Gasteiger partial charge in [-0.05, 0) is 12.6 Å². The highest BCUT2D eigenvalue weighted by atomic mass is 16.6. The van der Waals surface area contributed by atoms with E-state index in [1.54, 1.807) is 6.92 Å². The highest BCUT2D eigenvalue weighted by molar-refractivity contribution is 6.01. The Kier molecular flexibility index (Phi) is 3.96. The van der Waals surface area contributed by atoms with Crippen molar-refractivity contribution in [2.75, 3.05) is 13.6 Å². The SMILES string of the molecule is Cc1nnc(CN(C)CC2CC(c3ccccc3)=NO2)o1. The molecule has 6 heteroatoms. The fourth-order valence-electron chi connectivity index (χ4n) is 2.37. The maximum Gasteiger partial charge on any atom is 0.230 e. The lowest BCUT2D eigenvalue weighted by molar-refractivity contribution is 0.0557. The van der Waals surface area contributed by atoms with Crippen molar-refractivity contribution >= 4 is 5.71 Å².